The predicted molar refractivity (Wildman–Crippen MR) is 71.6 cm³/mol. The molecule has 0 aliphatic rings. The van der Waals surface area contributed by atoms with Gasteiger partial charge in [0.1, 0.15) is 0 Å². The largest absolute Gasteiger partial charge is 1.00 e. The van der Waals surface area contributed by atoms with Crippen LogP contribution >= 0.6 is 0 Å². The van der Waals surface area contributed by atoms with Gasteiger partial charge in [-0.3, -0.25) is 0 Å². The number of nitrogens with zero attached hydrogens (tertiary/aromatic N) is 2. The van der Waals surface area contributed by atoms with Crippen molar-refractivity contribution < 1.29 is 17.0 Å². The van der Waals surface area contributed by atoms with Crippen LogP contribution in [0.15, 0.2) is 30.9 Å². The first-order valence-corrected chi connectivity index (χ1v) is 7.84. The van der Waals surface area contributed by atoms with E-state index in [0.717, 1.165) is 5.44 Å². The van der Waals surface area contributed by atoms with E-state index in [1.165, 1.54) is 16.7 Å². The van der Waals surface area contributed by atoms with Gasteiger partial charge in [0.15, 0.2) is 0 Å². The van der Waals surface area contributed by atoms with Gasteiger partial charge in [0.2, 0.25) is 0 Å². The van der Waals surface area contributed by atoms with Crippen LogP contribution in [0, 0.1) is 20.8 Å². The molecule has 1 aromatic heterocycles. The monoisotopic (exact) mass is 330 g/mol. The van der Waals surface area contributed by atoms with Crippen molar-refractivity contribution in [3.05, 3.63) is 47.5 Å². The molecule has 0 radical (unpaired) electrons. The molecule has 1 heterocycles. The van der Waals surface area contributed by atoms with Gasteiger partial charge < -0.3 is 12.4 Å². The van der Waals surface area contributed by atoms with E-state index < -0.39 is 0 Å². The standard InChI is InChI=1S/C14H19N2Se.ClH/c1-11-7-12(2)14(13(3)8-11)17-10-16-6-5-15(4)9-16;/h5-9H,10H2,1-4H3;1H/q+1;/p-1. The quantitative estimate of drug-likeness (QED) is 0.466. The van der Waals surface area contributed by atoms with Crippen molar-refractivity contribution in [1.29, 1.82) is 0 Å². The average molecular weight is 330 g/mol. The molecule has 0 saturated heterocycles. The van der Waals surface area contributed by atoms with Crippen molar-refractivity contribution in [1.82, 2.24) is 4.57 Å². The third kappa shape index (κ3) is 3.61. The van der Waals surface area contributed by atoms with Crippen LogP contribution in [0.4, 0.5) is 0 Å². The van der Waals surface area contributed by atoms with E-state index in [1.807, 2.05) is 0 Å². The van der Waals surface area contributed by atoms with E-state index in [4.69, 9.17) is 0 Å². The molecule has 0 saturated carbocycles. The van der Waals surface area contributed by atoms with E-state index in [0.29, 0.717) is 15.0 Å². The van der Waals surface area contributed by atoms with Crippen LogP contribution in [0.5, 0.6) is 0 Å². The van der Waals surface area contributed by atoms with Crippen molar-refractivity contribution >= 4 is 19.4 Å². The second-order valence-corrected chi connectivity index (χ2v) is 6.60. The van der Waals surface area contributed by atoms with E-state index in [-0.39, 0.29) is 12.4 Å². The van der Waals surface area contributed by atoms with Gasteiger partial charge >= 0.3 is 109 Å². The first kappa shape index (κ1) is 15.3. The molecule has 18 heavy (non-hydrogen) atoms. The summed E-state index contributed by atoms with van der Waals surface area (Å²) >= 11 is 0.508. The molecule has 1 aromatic carbocycles. The van der Waals surface area contributed by atoms with Crippen molar-refractivity contribution in [3.63, 3.8) is 0 Å². The van der Waals surface area contributed by atoms with Gasteiger partial charge in [0.05, 0.1) is 0 Å². The van der Waals surface area contributed by atoms with Crippen LogP contribution in [-0.2, 0) is 12.5 Å². The van der Waals surface area contributed by atoms with Crippen LogP contribution < -0.4 is 21.4 Å². The van der Waals surface area contributed by atoms with Crippen molar-refractivity contribution in [3.8, 4) is 0 Å². The summed E-state index contributed by atoms with van der Waals surface area (Å²) in [4.78, 5) is 0. The van der Waals surface area contributed by atoms with Gasteiger partial charge in [-0.2, -0.15) is 0 Å². The molecule has 0 bridgehead atoms. The van der Waals surface area contributed by atoms with Crippen LogP contribution in [0.25, 0.3) is 0 Å². The zero-order chi connectivity index (χ0) is 12.4. The molecule has 2 nitrogen and oxygen atoms in total. The van der Waals surface area contributed by atoms with Gasteiger partial charge in [-0.25, -0.2) is 0 Å². The number of aromatic nitrogens is 2. The zero-order valence-corrected chi connectivity index (χ0v) is 13.7. The summed E-state index contributed by atoms with van der Waals surface area (Å²) in [6.07, 6.45) is 6.37. The van der Waals surface area contributed by atoms with Crippen molar-refractivity contribution in [2.24, 2.45) is 7.05 Å². The molecule has 2 rings (SSSR count). The molecule has 0 aliphatic carbocycles. The molecule has 2 aromatic rings. The fourth-order valence-electron chi connectivity index (χ4n) is 2.11. The Morgan fingerprint density at radius 1 is 1.17 bits per heavy atom. The Morgan fingerprint density at radius 2 is 1.78 bits per heavy atom. The van der Waals surface area contributed by atoms with Crippen molar-refractivity contribution in [2.75, 3.05) is 0 Å². The number of benzene rings is 1. The van der Waals surface area contributed by atoms with Gasteiger partial charge in [0, 0.05) is 0 Å². The molecular weight excluding hydrogens is 311 g/mol. The molecular formula is C14H19ClN2Se. The first-order chi connectivity index (χ1) is 8.06. The second kappa shape index (κ2) is 6.42. The van der Waals surface area contributed by atoms with E-state index in [2.05, 4.69) is 67.8 Å². The minimum Gasteiger partial charge on any atom is -1.00 e. The van der Waals surface area contributed by atoms with Crippen molar-refractivity contribution in [2.45, 2.75) is 26.2 Å². The third-order valence-electron chi connectivity index (χ3n) is 2.79. The van der Waals surface area contributed by atoms with Gasteiger partial charge in [-0.05, 0) is 0 Å². The Hall–Kier alpha value is -0.761. The second-order valence-electron chi connectivity index (χ2n) is 4.59. The molecule has 0 N–H and O–H groups in total. The fourth-order valence-corrected chi connectivity index (χ4v) is 4.22. The first-order valence-electron chi connectivity index (χ1n) is 5.78. The van der Waals surface area contributed by atoms with Crippen LogP contribution in [0.3, 0.4) is 0 Å². The normalized spacial score (nSPS) is 10.2. The van der Waals surface area contributed by atoms with Crippen LogP contribution in [0.1, 0.15) is 16.7 Å². The SMILES string of the molecule is Cc1cc(C)c([Se]Cn2cc[n+](C)c2)c(C)c1.[Cl-]. The maximum Gasteiger partial charge on any atom is -1.00 e. The average Bonchev–Trinajstić information content (AvgIpc) is 2.62. The fraction of sp³-hybridized carbons (Fsp3) is 0.357. The number of rotatable bonds is 3. The molecule has 0 atom stereocenters. The summed E-state index contributed by atoms with van der Waals surface area (Å²) in [5.41, 5.74) is 5.36. The number of imidazole rings is 1. The number of hydrogen-bond donors (Lipinski definition) is 0. The maximum absolute atomic E-state index is 2.29. The molecule has 0 fully saturated rings. The topological polar surface area (TPSA) is 8.81 Å². The van der Waals surface area contributed by atoms with Crippen LogP contribution in [-0.4, -0.2) is 19.5 Å². The number of halogens is 1. The Balaban J connectivity index is 0.00000162. The summed E-state index contributed by atoms with van der Waals surface area (Å²) in [6, 6.07) is 4.58. The maximum atomic E-state index is 2.29. The molecule has 0 unspecified atom stereocenters. The molecule has 4 heteroatoms. The summed E-state index contributed by atoms with van der Waals surface area (Å²) in [5, 5.41) is 0. The van der Waals surface area contributed by atoms with Gasteiger partial charge in [-0.15, -0.1) is 0 Å². The summed E-state index contributed by atoms with van der Waals surface area (Å²) in [5.74, 6) is 0. The summed E-state index contributed by atoms with van der Waals surface area (Å²) < 4.78 is 5.91. The number of aryl methyl sites for hydroxylation is 4. The van der Waals surface area contributed by atoms with Crippen LogP contribution in [0.2, 0.25) is 0 Å². The Labute approximate surface area is 122 Å². The van der Waals surface area contributed by atoms with E-state index >= 15 is 0 Å². The summed E-state index contributed by atoms with van der Waals surface area (Å²) in [6.45, 7) is 6.63. The molecule has 0 amide bonds. The van der Waals surface area contributed by atoms with E-state index in [1.54, 1.807) is 4.46 Å². The van der Waals surface area contributed by atoms with E-state index in [9.17, 15) is 0 Å². The Bertz CT molecular complexity index is 511. The molecule has 0 spiro atoms. The Morgan fingerprint density at radius 3 is 2.28 bits per heavy atom. The molecule has 98 valence electrons. The van der Waals surface area contributed by atoms with Gasteiger partial charge in [-0.1, -0.05) is 0 Å². The minimum absolute atomic E-state index is 0. The zero-order valence-electron chi connectivity index (χ0n) is 11.3. The summed E-state index contributed by atoms with van der Waals surface area (Å²) in [7, 11) is 2.06. The minimum atomic E-state index is 0. The smallest absolute Gasteiger partial charge is 1.00 e. The molecule has 0 aliphatic heterocycles. The predicted octanol–water partition coefficient (Wildman–Crippen LogP) is -1.77. The van der Waals surface area contributed by atoms with Gasteiger partial charge in [0.25, 0.3) is 0 Å². The Kier molecular flexibility index (Phi) is 5.46. The number of hydrogen-bond acceptors (Lipinski definition) is 0. The third-order valence-corrected chi connectivity index (χ3v) is 5.64.